The van der Waals surface area contributed by atoms with Crippen molar-refractivity contribution in [1.82, 2.24) is 9.13 Å². The predicted molar refractivity (Wildman–Crippen MR) is 350 cm³/mol. The van der Waals surface area contributed by atoms with E-state index in [-0.39, 0.29) is 44.9 Å². The van der Waals surface area contributed by atoms with E-state index in [1.54, 1.807) is 130 Å². The van der Waals surface area contributed by atoms with Crippen molar-refractivity contribution in [2.75, 3.05) is 4.90 Å². The Balaban J connectivity index is 1.05. The van der Waals surface area contributed by atoms with Crippen molar-refractivity contribution >= 4 is 61.1 Å². The second kappa shape index (κ2) is 22.6. The van der Waals surface area contributed by atoms with Crippen LogP contribution in [-0.2, 0) is 24.7 Å². The Bertz CT molecular complexity index is 5120. The fraction of sp³-hybridized carbons (Fsp3) is 0.0506. The number of benzene rings is 12. The van der Waals surface area contributed by atoms with Crippen LogP contribution in [0.5, 0.6) is 0 Å². The van der Waals surface area contributed by atoms with Gasteiger partial charge in [-0.2, -0.15) is 57.9 Å². The summed E-state index contributed by atoms with van der Waals surface area (Å²) >= 11 is 0. The maximum atomic E-state index is 15.6. The van der Waals surface area contributed by atoms with Gasteiger partial charge in [-0.15, -0.1) is 0 Å². The maximum Gasteiger partial charge on any atom is 0.416 e. The third-order valence-electron chi connectivity index (χ3n) is 17.9. The molecule has 6 nitrogen and oxygen atoms in total. The number of rotatable bonds is 9. The van der Waals surface area contributed by atoms with Gasteiger partial charge in [-0.05, 0) is 158 Å². The molecule has 0 bridgehead atoms. The highest BCUT2D eigenvalue weighted by molar-refractivity contribution is 6.37. The van der Waals surface area contributed by atoms with E-state index >= 15 is 9.59 Å². The molecule has 14 aromatic rings. The Morgan fingerprint density at radius 2 is 0.598 bits per heavy atom. The molecule has 0 aliphatic carbocycles. The first kappa shape index (κ1) is 61.2. The van der Waals surface area contributed by atoms with E-state index in [9.17, 15) is 57.9 Å². The molecule has 0 N–H and O–H groups in total. The van der Waals surface area contributed by atoms with Gasteiger partial charge >= 0.3 is 24.7 Å². The molecule has 1 aliphatic rings. The fourth-order valence-corrected chi connectivity index (χ4v) is 13.2. The number of halogens is 12. The van der Waals surface area contributed by atoms with Gasteiger partial charge in [0.15, 0.2) is 0 Å². The van der Waals surface area contributed by atoms with E-state index < -0.39 is 58.8 Å². The molecule has 1 aliphatic heterocycles. The highest BCUT2D eigenvalue weighted by Gasteiger charge is 2.41. The SMILES string of the molecule is N#Cc1c(-n2c3cc(-c4ccc(C(F)(F)F)cc4)ccc3c3ccc(-c4ccc(C(F)(F)F)cc4)cc32)cc(-c2cccc3c2C(=O)N(c2ccccc2-c2ccccc2)C3=O)cc1-n1c2cc(-c3ccc(C(F)(F)F)cc3)ccc2c2ccc(-c3ccc(C(F)(F)F)cc3)cc21. The molecule has 0 saturated carbocycles. The van der Waals surface area contributed by atoms with Crippen molar-refractivity contribution < 1.29 is 62.3 Å². The lowest BCUT2D eigenvalue weighted by Gasteiger charge is -2.20. The van der Waals surface area contributed by atoms with Crippen LogP contribution in [0.15, 0.2) is 255 Å². The first-order valence-corrected chi connectivity index (χ1v) is 30.0. The summed E-state index contributed by atoms with van der Waals surface area (Å²) in [6.07, 6.45) is -18.7. The van der Waals surface area contributed by atoms with E-state index in [0.29, 0.717) is 99.2 Å². The number of hydrogen-bond acceptors (Lipinski definition) is 3. The Morgan fingerprint density at radius 3 is 0.948 bits per heavy atom. The van der Waals surface area contributed by atoms with Gasteiger partial charge in [0, 0.05) is 27.1 Å². The lowest BCUT2D eigenvalue weighted by atomic mass is 9.94. The second-order valence-corrected chi connectivity index (χ2v) is 23.5. The number of hydrogen-bond donors (Lipinski definition) is 0. The number of imide groups is 1. The molecule has 3 heterocycles. The van der Waals surface area contributed by atoms with E-state index in [0.717, 1.165) is 53.4 Å². The average Bonchev–Trinajstić information content (AvgIpc) is 1.60. The Labute approximate surface area is 543 Å². The van der Waals surface area contributed by atoms with Crippen LogP contribution >= 0.6 is 0 Å². The summed E-state index contributed by atoms with van der Waals surface area (Å²) in [4.78, 5) is 31.8. The summed E-state index contributed by atoms with van der Waals surface area (Å²) < 4.78 is 172. The minimum Gasteiger partial charge on any atom is -0.308 e. The van der Waals surface area contributed by atoms with Crippen LogP contribution < -0.4 is 4.90 Å². The first-order chi connectivity index (χ1) is 46.4. The van der Waals surface area contributed by atoms with Crippen molar-refractivity contribution in [2.45, 2.75) is 24.7 Å². The molecular formula is C79H42F12N4O2. The van der Waals surface area contributed by atoms with Crippen molar-refractivity contribution in [3.05, 3.63) is 294 Å². The van der Waals surface area contributed by atoms with Crippen molar-refractivity contribution in [3.8, 4) is 84.2 Å². The molecule has 0 fully saturated rings. The van der Waals surface area contributed by atoms with Crippen molar-refractivity contribution in [2.24, 2.45) is 0 Å². The van der Waals surface area contributed by atoms with Gasteiger partial charge in [0.05, 0.1) is 72.5 Å². The largest absolute Gasteiger partial charge is 0.416 e. The molecule has 0 atom stereocenters. The number of alkyl halides is 12. The van der Waals surface area contributed by atoms with Gasteiger partial charge in [0.1, 0.15) is 11.6 Å². The van der Waals surface area contributed by atoms with Crippen LogP contribution in [0.25, 0.3) is 122 Å². The number of carbonyl (C=O) groups is 2. The van der Waals surface area contributed by atoms with E-state index in [4.69, 9.17) is 0 Å². The monoisotopic (exact) mass is 1310 g/mol. The molecule has 18 heteroatoms. The lowest BCUT2D eigenvalue weighted by Crippen LogP contribution is -2.30. The van der Waals surface area contributed by atoms with Gasteiger partial charge < -0.3 is 9.13 Å². The Hall–Kier alpha value is -12.0. The summed E-state index contributed by atoms with van der Waals surface area (Å²) in [6, 6.07) is 65.4. The maximum absolute atomic E-state index is 15.6. The van der Waals surface area contributed by atoms with Crippen LogP contribution in [0.3, 0.4) is 0 Å². The van der Waals surface area contributed by atoms with Gasteiger partial charge in [-0.1, -0.05) is 158 Å². The van der Waals surface area contributed by atoms with E-state index in [2.05, 4.69) is 6.07 Å². The number of aromatic nitrogens is 2. The van der Waals surface area contributed by atoms with Crippen LogP contribution in [0.2, 0.25) is 0 Å². The quantitative estimate of drug-likeness (QED) is 0.107. The third kappa shape index (κ3) is 10.6. The molecule has 2 amide bonds. The molecule has 0 radical (unpaired) electrons. The van der Waals surface area contributed by atoms with Gasteiger partial charge in [0.2, 0.25) is 0 Å². The number of carbonyl (C=O) groups excluding carboxylic acids is 2. The zero-order valence-corrected chi connectivity index (χ0v) is 49.9. The highest BCUT2D eigenvalue weighted by atomic mass is 19.4. The zero-order chi connectivity index (χ0) is 67.6. The van der Waals surface area contributed by atoms with Crippen molar-refractivity contribution in [1.29, 1.82) is 5.26 Å². The first-order valence-electron chi connectivity index (χ1n) is 30.0. The summed E-state index contributed by atoms with van der Waals surface area (Å²) in [5.74, 6) is -1.35. The number of nitrogens with zero attached hydrogens (tertiary/aromatic N) is 4. The molecule has 97 heavy (non-hydrogen) atoms. The predicted octanol–water partition coefficient (Wildman–Crippen LogP) is 22.6. The smallest absolute Gasteiger partial charge is 0.308 e. The number of amides is 2. The van der Waals surface area contributed by atoms with Gasteiger partial charge in [-0.3, -0.25) is 9.59 Å². The third-order valence-corrected chi connectivity index (χ3v) is 17.9. The lowest BCUT2D eigenvalue weighted by molar-refractivity contribution is -0.138. The number of fused-ring (bicyclic) bond motifs is 7. The molecule has 12 aromatic carbocycles. The van der Waals surface area contributed by atoms with E-state index in [1.807, 2.05) is 30.3 Å². The number of nitriles is 1. The normalized spacial score (nSPS) is 13.0. The molecule has 15 rings (SSSR count). The molecule has 474 valence electrons. The van der Waals surface area contributed by atoms with Gasteiger partial charge in [0.25, 0.3) is 11.8 Å². The standard InChI is InChI=1S/C79H42F12N4O2/c80-76(81,82)54-25-13-44(14-26-54)49-21-33-60-61-34-22-50(45-15-27-55(28-16-45)77(83,84)85)38-68(61)93(67(60)37-49)71-41-53(59-10-6-11-64-73(59)75(97)95(74(64)96)66-12-5-4-9-58(66)48-7-2-1-3-8-48)42-72(65(71)43-92)94-69-39-51(46-17-29-56(30-18-46)78(86,87)88)23-35-62(69)63-36-24-52(40-70(63)94)47-19-31-57(32-20-47)79(89,90)91/h1-42H. The summed E-state index contributed by atoms with van der Waals surface area (Å²) in [5, 5.41) is 14.4. The highest BCUT2D eigenvalue weighted by Crippen LogP contribution is 2.47. The molecular weight excluding hydrogens is 1260 g/mol. The summed E-state index contributed by atoms with van der Waals surface area (Å²) in [5.41, 5.74) is 3.23. The molecule has 0 saturated heterocycles. The summed E-state index contributed by atoms with van der Waals surface area (Å²) in [7, 11) is 0. The fourth-order valence-electron chi connectivity index (χ4n) is 13.2. The Kier molecular flexibility index (Phi) is 14.3. The van der Waals surface area contributed by atoms with Crippen LogP contribution in [0.1, 0.15) is 48.5 Å². The van der Waals surface area contributed by atoms with Crippen LogP contribution in [0, 0.1) is 11.3 Å². The van der Waals surface area contributed by atoms with Gasteiger partial charge in [-0.25, -0.2) is 4.90 Å². The second-order valence-electron chi connectivity index (χ2n) is 23.5. The zero-order valence-electron chi connectivity index (χ0n) is 49.9. The average molecular weight is 1310 g/mol. The number of para-hydroxylation sites is 1. The molecule has 2 aromatic heterocycles. The van der Waals surface area contributed by atoms with E-state index in [1.165, 1.54) is 54.6 Å². The Morgan fingerprint density at radius 1 is 0.278 bits per heavy atom. The molecule has 0 unspecified atom stereocenters. The minimum atomic E-state index is -4.66. The van der Waals surface area contributed by atoms with Crippen LogP contribution in [-0.4, -0.2) is 20.9 Å². The van der Waals surface area contributed by atoms with Crippen molar-refractivity contribution in [3.63, 3.8) is 0 Å². The molecule has 0 spiro atoms. The summed E-state index contributed by atoms with van der Waals surface area (Å²) in [6.45, 7) is 0. The van der Waals surface area contributed by atoms with Crippen LogP contribution in [0.4, 0.5) is 58.4 Å². The minimum absolute atomic E-state index is 0.0234. The topological polar surface area (TPSA) is 71.0 Å². The number of anilines is 1.